The summed E-state index contributed by atoms with van der Waals surface area (Å²) in [6, 6.07) is 6.98. The van der Waals surface area contributed by atoms with Gasteiger partial charge in [-0.1, -0.05) is 26.0 Å². The van der Waals surface area contributed by atoms with Crippen LogP contribution >= 0.6 is 0 Å². The lowest BCUT2D eigenvalue weighted by molar-refractivity contribution is -0.136. The van der Waals surface area contributed by atoms with Gasteiger partial charge in [0.25, 0.3) is 0 Å². The zero-order valence-corrected chi connectivity index (χ0v) is 15.7. The van der Waals surface area contributed by atoms with E-state index < -0.39 is 0 Å². The monoisotopic (exact) mass is 361 g/mol. The van der Waals surface area contributed by atoms with Gasteiger partial charge in [-0.15, -0.1) is 0 Å². The molecule has 0 bridgehead atoms. The molecular formula is C20H28FN3O2. The highest BCUT2D eigenvalue weighted by atomic mass is 19.1. The van der Waals surface area contributed by atoms with Crippen molar-refractivity contribution in [1.29, 1.82) is 0 Å². The highest BCUT2D eigenvalue weighted by Gasteiger charge is 2.39. The second-order valence-electron chi connectivity index (χ2n) is 7.18. The Labute approximate surface area is 154 Å². The smallest absolute Gasteiger partial charge is 0.228 e. The number of benzene rings is 1. The highest BCUT2D eigenvalue weighted by Crippen LogP contribution is 2.26. The van der Waals surface area contributed by atoms with Crippen LogP contribution < -0.4 is 4.90 Å². The van der Waals surface area contributed by atoms with Gasteiger partial charge in [0.05, 0.1) is 11.6 Å². The summed E-state index contributed by atoms with van der Waals surface area (Å²) in [6.45, 7) is 7.08. The first kappa shape index (κ1) is 18.7. The molecule has 0 aliphatic carbocycles. The Morgan fingerprint density at radius 3 is 2.42 bits per heavy atom. The molecule has 1 unspecified atom stereocenters. The van der Waals surface area contributed by atoms with Gasteiger partial charge < -0.3 is 14.7 Å². The van der Waals surface area contributed by atoms with Crippen molar-refractivity contribution in [1.82, 2.24) is 9.80 Å². The fourth-order valence-electron chi connectivity index (χ4n) is 4.11. The molecule has 0 radical (unpaired) electrons. The second kappa shape index (κ2) is 8.06. The maximum Gasteiger partial charge on any atom is 0.228 e. The first-order valence-corrected chi connectivity index (χ1v) is 9.62. The van der Waals surface area contributed by atoms with E-state index in [1.807, 2.05) is 20.8 Å². The summed E-state index contributed by atoms with van der Waals surface area (Å²) in [4.78, 5) is 30.9. The van der Waals surface area contributed by atoms with E-state index in [-0.39, 0.29) is 29.6 Å². The average molecular weight is 361 g/mol. The first-order valence-electron chi connectivity index (χ1n) is 9.62. The fourth-order valence-corrected chi connectivity index (χ4v) is 4.11. The van der Waals surface area contributed by atoms with E-state index in [0.717, 1.165) is 12.8 Å². The number of para-hydroxylation sites is 1. The summed E-state index contributed by atoms with van der Waals surface area (Å²) < 4.78 is 13.9. The Bertz CT molecular complexity index is 654. The molecule has 5 nitrogen and oxygen atoms in total. The molecule has 1 atom stereocenters. The topological polar surface area (TPSA) is 43.9 Å². The van der Waals surface area contributed by atoms with Crippen LogP contribution in [0.4, 0.5) is 10.1 Å². The fraction of sp³-hybridized carbons (Fsp3) is 0.600. The lowest BCUT2D eigenvalue weighted by Crippen LogP contribution is -2.51. The number of carbonyl (C=O) groups excluding carboxylic acids is 2. The summed E-state index contributed by atoms with van der Waals surface area (Å²) in [5, 5.41) is 0. The van der Waals surface area contributed by atoms with Crippen LogP contribution in [0.5, 0.6) is 0 Å². The van der Waals surface area contributed by atoms with E-state index in [1.165, 1.54) is 6.07 Å². The molecule has 2 aliphatic heterocycles. The summed E-state index contributed by atoms with van der Waals surface area (Å²) in [6.07, 6.45) is 2.16. The molecule has 142 valence electrons. The number of halogens is 1. The molecule has 26 heavy (non-hydrogen) atoms. The molecule has 3 rings (SSSR count). The van der Waals surface area contributed by atoms with E-state index in [9.17, 15) is 14.0 Å². The molecule has 0 aromatic heterocycles. The van der Waals surface area contributed by atoms with Gasteiger partial charge in [-0.2, -0.15) is 0 Å². The standard InChI is InChI=1S/C20H28FN3O2/c1-3-16(4-2)24-14-15(13-19(24)25)20(26)23-11-9-22(10-12-23)18-8-6-5-7-17(18)21/h5-8,15-16H,3-4,9-14H2,1-2H3. The van der Waals surface area contributed by atoms with Crippen LogP contribution in [-0.2, 0) is 9.59 Å². The number of amides is 2. The van der Waals surface area contributed by atoms with Gasteiger partial charge in [0.2, 0.25) is 11.8 Å². The molecular weight excluding hydrogens is 333 g/mol. The maximum atomic E-state index is 13.9. The van der Waals surface area contributed by atoms with E-state index in [1.54, 1.807) is 12.1 Å². The zero-order valence-electron chi connectivity index (χ0n) is 15.7. The number of anilines is 1. The summed E-state index contributed by atoms with van der Waals surface area (Å²) in [5.41, 5.74) is 0.593. The Hall–Kier alpha value is -2.11. The summed E-state index contributed by atoms with van der Waals surface area (Å²) in [7, 11) is 0. The van der Waals surface area contributed by atoms with E-state index in [4.69, 9.17) is 0 Å². The van der Waals surface area contributed by atoms with E-state index >= 15 is 0 Å². The molecule has 2 heterocycles. The molecule has 0 N–H and O–H groups in total. The quantitative estimate of drug-likeness (QED) is 0.809. The first-order chi connectivity index (χ1) is 12.5. The Morgan fingerprint density at radius 2 is 1.81 bits per heavy atom. The van der Waals surface area contributed by atoms with Crippen LogP contribution in [-0.4, -0.2) is 60.4 Å². The zero-order chi connectivity index (χ0) is 18.7. The molecule has 0 spiro atoms. The molecule has 2 saturated heterocycles. The van der Waals surface area contributed by atoms with E-state index in [2.05, 4.69) is 13.8 Å². The minimum absolute atomic E-state index is 0.0694. The summed E-state index contributed by atoms with van der Waals surface area (Å²) >= 11 is 0. The third-order valence-corrected chi connectivity index (χ3v) is 5.68. The highest BCUT2D eigenvalue weighted by molar-refractivity contribution is 5.89. The van der Waals surface area contributed by atoms with Crippen LogP contribution in [0.2, 0.25) is 0 Å². The van der Waals surface area contributed by atoms with Crippen molar-refractivity contribution in [3.05, 3.63) is 30.1 Å². The predicted octanol–water partition coefficient (Wildman–Crippen LogP) is 2.51. The van der Waals surface area contributed by atoms with Crippen molar-refractivity contribution in [3.63, 3.8) is 0 Å². The number of hydrogen-bond donors (Lipinski definition) is 0. The lowest BCUT2D eigenvalue weighted by atomic mass is 10.1. The molecule has 1 aromatic rings. The normalized spacial score (nSPS) is 21.0. The van der Waals surface area contributed by atoms with Gasteiger partial charge in [0.1, 0.15) is 5.82 Å². The molecule has 1 aromatic carbocycles. The third kappa shape index (κ3) is 3.69. The molecule has 0 saturated carbocycles. The van der Waals surface area contributed by atoms with Gasteiger partial charge in [-0.3, -0.25) is 9.59 Å². The van der Waals surface area contributed by atoms with Gasteiger partial charge in [-0.05, 0) is 25.0 Å². The number of nitrogens with zero attached hydrogens (tertiary/aromatic N) is 3. The van der Waals surface area contributed by atoms with E-state index in [0.29, 0.717) is 44.8 Å². The molecule has 2 aliphatic rings. The Kier molecular flexibility index (Phi) is 5.79. The maximum absolute atomic E-state index is 13.9. The minimum atomic E-state index is -0.233. The summed E-state index contributed by atoms with van der Waals surface area (Å²) in [5.74, 6) is -0.292. The van der Waals surface area contributed by atoms with Crippen molar-refractivity contribution in [3.8, 4) is 0 Å². The SMILES string of the molecule is CCC(CC)N1CC(C(=O)N2CCN(c3ccccc3F)CC2)CC1=O. The Balaban J connectivity index is 1.57. The van der Waals surface area contributed by atoms with Crippen molar-refractivity contribution in [2.45, 2.75) is 39.2 Å². The number of hydrogen-bond acceptors (Lipinski definition) is 3. The second-order valence-corrected chi connectivity index (χ2v) is 7.18. The lowest BCUT2D eigenvalue weighted by Gasteiger charge is -2.37. The molecule has 2 fully saturated rings. The number of rotatable bonds is 5. The molecule has 6 heteroatoms. The number of likely N-dealkylation sites (tertiary alicyclic amines) is 1. The van der Waals surface area contributed by atoms with Gasteiger partial charge >= 0.3 is 0 Å². The number of piperazine rings is 1. The Morgan fingerprint density at radius 1 is 1.15 bits per heavy atom. The van der Waals surface area contributed by atoms with Crippen LogP contribution in [0, 0.1) is 11.7 Å². The number of carbonyl (C=O) groups is 2. The van der Waals surface area contributed by atoms with Gasteiger partial charge in [-0.25, -0.2) is 4.39 Å². The van der Waals surface area contributed by atoms with Crippen LogP contribution in [0.15, 0.2) is 24.3 Å². The van der Waals surface area contributed by atoms with Crippen molar-refractivity contribution >= 4 is 17.5 Å². The van der Waals surface area contributed by atoms with Crippen LogP contribution in [0.25, 0.3) is 0 Å². The van der Waals surface area contributed by atoms with Crippen LogP contribution in [0.3, 0.4) is 0 Å². The average Bonchev–Trinajstić information content (AvgIpc) is 3.04. The largest absolute Gasteiger partial charge is 0.366 e. The van der Waals surface area contributed by atoms with Crippen molar-refractivity contribution < 1.29 is 14.0 Å². The van der Waals surface area contributed by atoms with Gasteiger partial charge in [0, 0.05) is 45.2 Å². The van der Waals surface area contributed by atoms with Crippen molar-refractivity contribution in [2.75, 3.05) is 37.6 Å². The minimum Gasteiger partial charge on any atom is -0.366 e. The predicted molar refractivity (Wildman–Crippen MR) is 99.4 cm³/mol. The van der Waals surface area contributed by atoms with Crippen LogP contribution in [0.1, 0.15) is 33.1 Å². The third-order valence-electron chi connectivity index (χ3n) is 5.68. The van der Waals surface area contributed by atoms with Gasteiger partial charge in [0.15, 0.2) is 0 Å². The molecule has 2 amide bonds. The van der Waals surface area contributed by atoms with Crippen molar-refractivity contribution in [2.24, 2.45) is 5.92 Å².